The first-order chi connectivity index (χ1) is 11.3. The SMILES string of the molecule is Cc1c(C(=O)N[C@@H](CC(C)C)C(=O)O)cnn1-c1ccc(Cl)cc1. The molecule has 1 aromatic heterocycles. The van der Waals surface area contributed by atoms with Gasteiger partial charge in [0.25, 0.3) is 5.91 Å². The minimum Gasteiger partial charge on any atom is -0.480 e. The van der Waals surface area contributed by atoms with E-state index in [4.69, 9.17) is 11.6 Å². The van der Waals surface area contributed by atoms with Crippen molar-refractivity contribution in [3.05, 3.63) is 46.7 Å². The van der Waals surface area contributed by atoms with Crippen molar-refractivity contribution in [3.63, 3.8) is 0 Å². The number of carbonyl (C=O) groups is 2. The lowest BCUT2D eigenvalue weighted by molar-refractivity contribution is -0.139. The van der Waals surface area contributed by atoms with Crippen molar-refractivity contribution in [1.82, 2.24) is 15.1 Å². The van der Waals surface area contributed by atoms with E-state index in [1.165, 1.54) is 6.20 Å². The summed E-state index contributed by atoms with van der Waals surface area (Å²) in [6.07, 6.45) is 1.80. The fourth-order valence-corrected chi connectivity index (χ4v) is 2.53. The summed E-state index contributed by atoms with van der Waals surface area (Å²) in [5.41, 5.74) is 1.75. The lowest BCUT2D eigenvalue weighted by Gasteiger charge is -2.16. The van der Waals surface area contributed by atoms with E-state index in [1.54, 1.807) is 35.9 Å². The van der Waals surface area contributed by atoms with Crippen molar-refractivity contribution >= 4 is 23.5 Å². The number of hydrogen-bond acceptors (Lipinski definition) is 3. The summed E-state index contributed by atoms with van der Waals surface area (Å²) in [6, 6.07) is 6.14. The van der Waals surface area contributed by atoms with E-state index in [1.807, 2.05) is 13.8 Å². The van der Waals surface area contributed by atoms with Gasteiger partial charge in [-0.25, -0.2) is 9.48 Å². The lowest BCUT2D eigenvalue weighted by Crippen LogP contribution is -2.41. The normalized spacial score (nSPS) is 12.2. The largest absolute Gasteiger partial charge is 0.480 e. The molecule has 7 heteroatoms. The molecule has 0 aliphatic rings. The van der Waals surface area contributed by atoms with Crippen LogP contribution in [0.4, 0.5) is 0 Å². The molecule has 24 heavy (non-hydrogen) atoms. The molecule has 1 amide bonds. The zero-order valence-electron chi connectivity index (χ0n) is 13.8. The van der Waals surface area contributed by atoms with Gasteiger partial charge in [-0.05, 0) is 43.5 Å². The van der Waals surface area contributed by atoms with Gasteiger partial charge in [0.2, 0.25) is 0 Å². The number of amides is 1. The molecule has 1 heterocycles. The number of halogens is 1. The van der Waals surface area contributed by atoms with Crippen LogP contribution < -0.4 is 5.32 Å². The number of aromatic nitrogens is 2. The first kappa shape index (κ1) is 18.0. The van der Waals surface area contributed by atoms with Crippen LogP contribution in [0, 0.1) is 12.8 Å². The number of aliphatic carboxylic acids is 1. The number of nitrogens with one attached hydrogen (secondary N) is 1. The third kappa shape index (κ3) is 4.14. The van der Waals surface area contributed by atoms with E-state index < -0.39 is 17.9 Å². The molecule has 128 valence electrons. The first-order valence-corrected chi connectivity index (χ1v) is 8.01. The van der Waals surface area contributed by atoms with Crippen LogP contribution in [0.2, 0.25) is 5.02 Å². The first-order valence-electron chi connectivity index (χ1n) is 7.63. The van der Waals surface area contributed by atoms with Crippen LogP contribution in [0.25, 0.3) is 5.69 Å². The number of rotatable bonds is 6. The summed E-state index contributed by atoms with van der Waals surface area (Å²) in [6.45, 7) is 5.58. The van der Waals surface area contributed by atoms with Gasteiger partial charge in [0.1, 0.15) is 6.04 Å². The molecule has 2 N–H and O–H groups in total. The summed E-state index contributed by atoms with van der Waals surface area (Å²) < 4.78 is 1.61. The Kier molecular flexibility index (Phi) is 5.62. The van der Waals surface area contributed by atoms with Gasteiger partial charge in [0.15, 0.2) is 0 Å². The highest BCUT2D eigenvalue weighted by Gasteiger charge is 2.24. The molecule has 1 aromatic carbocycles. The average molecular weight is 350 g/mol. The monoisotopic (exact) mass is 349 g/mol. The predicted octanol–water partition coefficient (Wildman–Crippen LogP) is 3.06. The Labute approximate surface area is 145 Å². The highest BCUT2D eigenvalue weighted by molar-refractivity contribution is 6.30. The van der Waals surface area contributed by atoms with E-state index in [2.05, 4.69) is 10.4 Å². The zero-order valence-corrected chi connectivity index (χ0v) is 14.5. The summed E-state index contributed by atoms with van der Waals surface area (Å²) in [5, 5.41) is 16.6. The molecule has 0 radical (unpaired) electrons. The van der Waals surface area contributed by atoms with Crippen molar-refractivity contribution in [2.75, 3.05) is 0 Å². The molecule has 0 bridgehead atoms. The Morgan fingerprint density at radius 3 is 2.46 bits per heavy atom. The molecule has 0 saturated carbocycles. The Bertz CT molecular complexity index is 738. The molecule has 0 aliphatic heterocycles. The van der Waals surface area contributed by atoms with Crippen LogP contribution >= 0.6 is 11.6 Å². The number of hydrogen-bond donors (Lipinski definition) is 2. The van der Waals surface area contributed by atoms with Crippen LogP contribution in [0.5, 0.6) is 0 Å². The molecule has 1 atom stereocenters. The highest BCUT2D eigenvalue weighted by atomic mass is 35.5. The number of nitrogens with zero attached hydrogens (tertiary/aromatic N) is 2. The molecule has 0 spiro atoms. The molecule has 6 nitrogen and oxygen atoms in total. The summed E-state index contributed by atoms with van der Waals surface area (Å²) >= 11 is 5.87. The summed E-state index contributed by atoms with van der Waals surface area (Å²) in [4.78, 5) is 23.7. The molecule has 0 fully saturated rings. The second-order valence-electron chi connectivity index (χ2n) is 6.03. The Balaban J connectivity index is 2.21. The van der Waals surface area contributed by atoms with Crippen LogP contribution in [0.3, 0.4) is 0 Å². The van der Waals surface area contributed by atoms with E-state index in [9.17, 15) is 14.7 Å². The van der Waals surface area contributed by atoms with Gasteiger partial charge in [0.05, 0.1) is 23.1 Å². The number of carbonyl (C=O) groups excluding carboxylic acids is 1. The van der Waals surface area contributed by atoms with Crippen molar-refractivity contribution in [1.29, 1.82) is 0 Å². The van der Waals surface area contributed by atoms with Gasteiger partial charge in [-0.3, -0.25) is 4.79 Å². The molecular formula is C17H20ClN3O3. The number of carboxylic acid groups (broad SMARTS) is 1. The topological polar surface area (TPSA) is 84.2 Å². The number of benzene rings is 1. The van der Waals surface area contributed by atoms with Gasteiger partial charge in [-0.15, -0.1) is 0 Å². The van der Waals surface area contributed by atoms with Gasteiger partial charge in [-0.2, -0.15) is 5.10 Å². The Hall–Kier alpha value is -2.34. The molecular weight excluding hydrogens is 330 g/mol. The van der Waals surface area contributed by atoms with Crippen molar-refractivity contribution in [2.24, 2.45) is 5.92 Å². The van der Waals surface area contributed by atoms with Gasteiger partial charge in [0, 0.05) is 5.02 Å². The van der Waals surface area contributed by atoms with Crippen LogP contribution in [-0.4, -0.2) is 32.8 Å². The summed E-state index contributed by atoms with van der Waals surface area (Å²) in [5.74, 6) is -1.33. The highest BCUT2D eigenvalue weighted by Crippen LogP contribution is 2.17. The third-order valence-electron chi connectivity index (χ3n) is 3.64. The minimum absolute atomic E-state index is 0.157. The van der Waals surface area contributed by atoms with E-state index in [0.29, 0.717) is 22.7 Å². The molecule has 2 aromatic rings. The van der Waals surface area contributed by atoms with E-state index in [-0.39, 0.29) is 5.92 Å². The lowest BCUT2D eigenvalue weighted by atomic mass is 10.0. The molecule has 0 aliphatic carbocycles. The van der Waals surface area contributed by atoms with Crippen molar-refractivity contribution in [2.45, 2.75) is 33.2 Å². The fraction of sp³-hybridized carbons (Fsp3) is 0.353. The van der Waals surface area contributed by atoms with Gasteiger partial charge < -0.3 is 10.4 Å². The summed E-state index contributed by atoms with van der Waals surface area (Å²) in [7, 11) is 0. The van der Waals surface area contributed by atoms with Crippen LogP contribution in [0.1, 0.15) is 36.3 Å². The molecule has 0 saturated heterocycles. The van der Waals surface area contributed by atoms with Gasteiger partial charge >= 0.3 is 5.97 Å². The average Bonchev–Trinajstić information content (AvgIpc) is 2.88. The zero-order chi connectivity index (χ0) is 17.9. The Morgan fingerprint density at radius 2 is 1.92 bits per heavy atom. The quantitative estimate of drug-likeness (QED) is 0.839. The minimum atomic E-state index is -1.04. The second kappa shape index (κ2) is 7.49. The van der Waals surface area contributed by atoms with Crippen molar-refractivity contribution < 1.29 is 14.7 Å². The maximum atomic E-state index is 12.4. The van der Waals surface area contributed by atoms with Crippen molar-refractivity contribution in [3.8, 4) is 5.69 Å². The van der Waals surface area contributed by atoms with Gasteiger partial charge in [-0.1, -0.05) is 25.4 Å². The van der Waals surface area contributed by atoms with Crippen LogP contribution in [-0.2, 0) is 4.79 Å². The molecule has 2 rings (SSSR count). The molecule has 0 unspecified atom stereocenters. The Morgan fingerprint density at radius 1 is 1.29 bits per heavy atom. The second-order valence-corrected chi connectivity index (χ2v) is 6.46. The third-order valence-corrected chi connectivity index (χ3v) is 3.89. The van der Waals surface area contributed by atoms with E-state index in [0.717, 1.165) is 5.69 Å². The maximum absolute atomic E-state index is 12.4. The smallest absolute Gasteiger partial charge is 0.326 e. The number of carboxylic acids is 1. The van der Waals surface area contributed by atoms with Crippen LogP contribution in [0.15, 0.2) is 30.5 Å². The van der Waals surface area contributed by atoms with E-state index >= 15 is 0 Å². The standard InChI is InChI=1S/C17H20ClN3O3/c1-10(2)8-15(17(23)24)20-16(22)14-9-19-21(11(14)3)13-6-4-12(18)5-7-13/h4-7,9-10,15H,8H2,1-3H3,(H,20,22)(H,23,24)/t15-/m0/s1. The fourth-order valence-electron chi connectivity index (χ4n) is 2.40. The predicted molar refractivity (Wildman–Crippen MR) is 91.7 cm³/mol. The maximum Gasteiger partial charge on any atom is 0.326 e.